The normalized spacial score (nSPS) is 11.2. The molecule has 3 heterocycles. The quantitative estimate of drug-likeness (QED) is 0.369. The lowest BCUT2D eigenvalue weighted by molar-refractivity contribution is 0.555. The first-order valence-electron chi connectivity index (χ1n) is 9.00. The summed E-state index contributed by atoms with van der Waals surface area (Å²) < 4.78 is 5.03. The maximum atomic E-state index is 11.3. The van der Waals surface area contributed by atoms with Crippen LogP contribution < -0.4 is 16.4 Å². The van der Waals surface area contributed by atoms with Crippen molar-refractivity contribution in [1.82, 2.24) is 25.1 Å². The van der Waals surface area contributed by atoms with Crippen molar-refractivity contribution in [1.29, 1.82) is 0 Å². The van der Waals surface area contributed by atoms with Crippen molar-refractivity contribution < 1.29 is 4.42 Å². The molecule has 0 bridgehead atoms. The summed E-state index contributed by atoms with van der Waals surface area (Å²) in [4.78, 5) is 22.9. The zero-order chi connectivity index (χ0) is 20.0. The molecule has 0 saturated heterocycles. The lowest BCUT2D eigenvalue weighted by Crippen LogP contribution is -2.02. The van der Waals surface area contributed by atoms with Gasteiger partial charge in [-0.1, -0.05) is 0 Å². The van der Waals surface area contributed by atoms with Crippen LogP contribution in [0, 0.1) is 13.8 Å². The van der Waals surface area contributed by atoms with Gasteiger partial charge in [0.1, 0.15) is 5.82 Å². The van der Waals surface area contributed by atoms with Crippen LogP contribution in [0.5, 0.6) is 0 Å². The summed E-state index contributed by atoms with van der Waals surface area (Å²) in [5.74, 6) is 0.649. The molecule has 0 atom stereocenters. The lowest BCUT2D eigenvalue weighted by Gasteiger charge is -2.11. The Hall–Kier alpha value is -4.14. The van der Waals surface area contributed by atoms with Crippen LogP contribution in [0.25, 0.3) is 22.0 Å². The largest absolute Gasteiger partial charge is 0.417 e. The number of nitrogens with zero attached hydrogens (tertiary/aromatic N) is 3. The number of aryl methyl sites for hydroxylation is 2. The van der Waals surface area contributed by atoms with Crippen LogP contribution in [0.3, 0.4) is 0 Å². The van der Waals surface area contributed by atoms with Crippen LogP contribution in [0.2, 0.25) is 0 Å². The smallest absolute Gasteiger partial charge is 0.408 e. The second-order valence-electron chi connectivity index (χ2n) is 6.77. The number of aromatic nitrogens is 5. The zero-order valence-corrected chi connectivity index (χ0v) is 15.7. The van der Waals surface area contributed by atoms with Gasteiger partial charge in [0.15, 0.2) is 5.58 Å². The maximum absolute atomic E-state index is 11.3. The van der Waals surface area contributed by atoms with E-state index in [-0.39, 0.29) is 0 Å². The van der Waals surface area contributed by atoms with Crippen LogP contribution in [0.15, 0.2) is 51.8 Å². The molecule has 0 aliphatic carbocycles. The van der Waals surface area contributed by atoms with Gasteiger partial charge in [-0.3, -0.25) is 10.1 Å². The van der Waals surface area contributed by atoms with E-state index in [0.717, 1.165) is 33.5 Å². The van der Waals surface area contributed by atoms with Crippen molar-refractivity contribution in [2.75, 3.05) is 10.6 Å². The molecule has 0 spiro atoms. The second-order valence-corrected chi connectivity index (χ2v) is 6.77. The highest BCUT2D eigenvalue weighted by atomic mass is 16.4. The molecule has 5 rings (SSSR count). The Morgan fingerprint density at radius 3 is 2.72 bits per heavy atom. The molecule has 2 aromatic carbocycles. The molecular formula is C20H17N7O2. The van der Waals surface area contributed by atoms with Crippen molar-refractivity contribution in [2.24, 2.45) is 0 Å². The van der Waals surface area contributed by atoms with E-state index >= 15 is 0 Å². The van der Waals surface area contributed by atoms with Gasteiger partial charge in [0.05, 0.1) is 16.7 Å². The van der Waals surface area contributed by atoms with E-state index in [0.29, 0.717) is 22.9 Å². The Labute approximate surface area is 164 Å². The molecule has 144 valence electrons. The molecule has 29 heavy (non-hydrogen) atoms. The van der Waals surface area contributed by atoms with E-state index in [2.05, 4.69) is 35.8 Å². The highest BCUT2D eigenvalue weighted by molar-refractivity contribution is 5.85. The molecule has 9 heteroatoms. The van der Waals surface area contributed by atoms with Crippen LogP contribution >= 0.6 is 0 Å². The Morgan fingerprint density at radius 1 is 1.00 bits per heavy atom. The van der Waals surface area contributed by atoms with Gasteiger partial charge in [0.2, 0.25) is 5.95 Å². The number of hydrogen-bond donors (Lipinski definition) is 4. The standard InChI is InChI=1S/C20H17N7O2/c1-10-9-21-19(23-12-3-5-15-14(7-12)11(2)26-27-15)25-18(10)22-13-4-6-17-16(8-13)24-20(28)29-17/h3-9H,1-2H3,(H,24,28)(H,26,27)(H2,21,22,23,25). The Balaban J connectivity index is 1.43. The van der Waals surface area contributed by atoms with Gasteiger partial charge in [-0.25, -0.2) is 9.78 Å². The van der Waals surface area contributed by atoms with Gasteiger partial charge in [0.25, 0.3) is 0 Å². The van der Waals surface area contributed by atoms with Crippen LogP contribution in [-0.2, 0) is 0 Å². The fourth-order valence-electron chi connectivity index (χ4n) is 3.15. The molecule has 0 aliphatic heterocycles. The summed E-state index contributed by atoms with van der Waals surface area (Å²) in [6.45, 7) is 3.88. The molecule has 5 aromatic rings. The third-order valence-corrected chi connectivity index (χ3v) is 4.66. The number of nitrogens with one attached hydrogen (secondary N) is 4. The molecule has 0 amide bonds. The molecule has 3 aromatic heterocycles. The highest BCUT2D eigenvalue weighted by Gasteiger charge is 2.08. The van der Waals surface area contributed by atoms with Gasteiger partial charge < -0.3 is 15.1 Å². The van der Waals surface area contributed by atoms with E-state index in [4.69, 9.17) is 4.42 Å². The number of aromatic amines is 2. The first-order valence-corrected chi connectivity index (χ1v) is 9.00. The number of oxazole rings is 1. The summed E-state index contributed by atoms with van der Waals surface area (Å²) >= 11 is 0. The van der Waals surface area contributed by atoms with Gasteiger partial charge in [0, 0.05) is 28.5 Å². The molecule has 0 fully saturated rings. The SMILES string of the molecule is Cc1cnc(Nc2ccc3[nH]nc(C)c3c2)nc1Nc1ccc2oc(=O)[nH]c2c1. The Morgan fingerprint density at radius 2 is 1.83 bits per heavy atom. The van der Waals surface area contributed by atoms with Gasteiger partial charge in [-0.2, -0.15) is 10.1 Å². The molecule has 4 N–H and O–H groups in total. The highest BCUT2D eigenvalue weighted by Crippen LogP contribution is 2.25. The topological polar surface area (TPSA) is 125 Å². The van der Waals surface area contributed by atoms with Crippen LogP contribution in [-0.4, -0.2) is 25.1 Å². The number of hydrogen-bond acceptors (Lipinski definition) is 7. The van der Waals surface area contributed by atoms with Crippen molar-refractivity contribution >= 4 is 45.1 Å². The third kappa shape index (κ3) is 3.18. The zero-order valence-electron chi connectivity index (χ0n) is 15.7. The summed E-state index contributed by atoms with van der Waals surface area (Å²) in [5.41, 5.74) is 5.57. The van der Waals surface area contributed by atoms with Gasteiger partial charge >= 0.3 is 5.76 Å². The summed E-state index contributed by atoms with van der Waals surface area (Å²) in [5, 5.41) is 14.7. The predicted octanol–water partition coefficient (Wildman–Crippen LogP) is 3.89. The number of benzene rings is 2. The second kappa shape index (κ2) is 6.48. The van der Waals surface area contributed by atoms with Gasteiger partial charge in [-0.15, -0.1) is 0 Å². The van der Waals surface area contributed by atoms with Crippen molar-refractivity contribution in [3.05, 3.63) is 64.4 Å². The molecule has 9 nitrogen and oxygen atoms in total. The third-order valence-electron chi connectivity index (χ3n) is 4.66. The van der Waals surface area contributed by atoms with Crippen LogP contribution in [0.4, 0.5) is 23.1 Å². The van der Waals surface area contributed by atoms with E-state index in [9.17, 15) is 4.79 Å². The number of fused-ring (bicyclic) bond motifs is 2. The number of anilines is 4. The minimum absolute atomic E-state index is 0.469. The summed E-state index contributed by atoms with van der Waals surface area (Å²) in [6.07, 6.45) is 1.75. The maximum Gasteiger partial charge on any atom is 0.417 e. The molecule has 0 unspecified atom stereocenters. The van der Waals surface area contributed by atoms with Crippen molar-refractivity contribution in [3.8, 4) is 0 Å². The molecule has 0 aliphatic rings. The fourth-order valence-corrected chi connectivity index (χ4v) is 3.15. The molecule has 0 radical (unpaired) electrons. The van der Waals surface area contributed by atoms with Crippen molar-refractivity contribution in [2.45, 2.75) is 13.8 Å². The minimum Gasteiger partial charge on any atom is -0.408 e. The fraction of sp³-hybridized carbons (Fsp3) is 0.100. The lowest BCUT2D eigenvalue weighted by atomic mass is 10.2. The van der Waals surface area contributed by atoms with Crippen molar-refractivity contribution in [3.63, 3.8) is 0 Å². The van der Waals surface area contributed by atoms with E-state index in [1.807, 2.05) is 38.1 Å². The van der Waals surface area contributed by atoms with E-state index < -0.39 is 5.76 Å². The van der Waals surface area contributed by atoms with E-state index in [1.165, 1.54) is 0 Å². The summed E-state index contributed by atoms with van der Waals surface area (Å²) in [6, 6.07) is 11.3. The Bertz CT molecular complexity index is 1410. The average Bonchev–Trinajstić information content (AvgIpc) is 3.26. The molecular weight excluding hydrogens is 370 g/mol. The first kappa shape index (κ1) is 17.0. The number of H-pyrrole nitrogens is 2. The van der Waals surface area contributed by atoms with E-state index in [1.54, 1.807) is 18.3 Å². The first-order chi connectivity index (χ1) is 14.0. The Kier molecular flexibility index (Phi) is 3.80. The molecule has 0 saturated carbocycles. The number of rotatable bonds is 4. The average molecular weight is 387 g/mol. The summed E-state index contributed by atoms with van der Waals surface area (Å²) in [7, 11) is 0. The van der Waals surface area contributed by atoms with Gasteiger partial charge in [-0.05, 0) is 50.2 Å². The predicted molar refractivity (Wildman–Crippen MR) is 111 cm³/mol. The monoisotopic (exact) mass is 387 g/mol. The van der Waals surface area contributed by atoms with Crippen LogP contribution in [0.1, 0.15) is 11.3 Å². The minimum atomic E-state index is -0.480.